The minimum atomic E-state index is 0.0197. The number of rotatable bonds is 2. The highest BCUT2D eigenvalue weighted by atomic mass is 16.2. The highest BCUT2D eigenvalue weighted by Crippen LogP contribution is 2.31. The van der Waals surface area contributed by atoms with Crippen molar-refractivity contribution in [3.63, 3.8) is 0 Å². The molecule has 1 aliphatic rings. The number of hydrogen-bond donors (Lipinski definition) is 0. The molecule has 4 heteroatoms. The topological polar surface area (TPSA) is 38.1 Å². The molecule has 2 aromatic rings. The smallest absolute Gasteiger partial charge is 0.251 e. The monoisotopic (exact) mass is 267 g/mol. The van der Waals surface area contributed by atoms with Crippen LogP contribution in [0, 0.1) is 0 Å². The van der Waals surface area contributed by atoms with Crippen LogP contribution in [0.4, 0.5) is 5.69 Å². The van der Waals surface area contributed by atoms with Gasteiger partial charge < -0.3 is 4.90 Å². The Morgan fingerprint density at radius 1 is 1.40 bits per heavy atom. The zero-order valence-electron chi connectivity index (χ0n) is 11.7. The maximum Gasteiger partial charge on any atom is 0.251 e. The summed E-state index contributed by atoms with van der Waals surface area (Å²) < 4.78 is 1.72. The molecule has 1 aliphatic heterocycles. The van der Waals surface area contributed by atoms with E-state index < -0.39 is 0 Å². The molecule has 0 saturated heterocycles. The Bertz CT molecular complexity index is 672. The number of aryl methyl sites for hydroxylation is 1. The first-order valence-corrected chi connectivity index (χ1v) is 6.73. The van der Waals surface area contributed by atoms with Gasteiger partial charge in [0.1, 0.15) is 0 Å². The van der Waals surface area contributed by atoms with Crippen LogP contribution in [0.25, 0.3) is 6.08 Å². The normalized spacial score (nSPS) is 17.7. The van der Waals surface area contributed by atoms with Crippen molar-refractivity contribution in [2.24, 2.45) is 7.05 Å². The number of fused-ring (bicyclic) bond motifs is 1. The molecule has 0 aliphatic carbocycles. The summed E-state index contributed by atoms with van der Waals surface area (Å²) in [7, 11) is 1.86. The number of nitrogens with zero attached hydrogens (tertiary/aromatic N) is 3. The van der Waals surface area contributed by atoms with Gasteiger partial charge in [-0.05, 0) is 31.1 Å². The van der Waals surface area contributed by atoms with Gasteiger partial charge in [0.15, 0.2) is 0 Å². The number of amides is 1. The lowest BCUT2D eigenvalue weighted by Gasteiger charge is -2.20. The molecule has 0 N–H and O–H groups in total. The quantitative estimate of drug-likeness (QED) is 0.784. The van der Waals surface area contributed by atoms with Crippen molar-refractivity contribution in [3.8, 4) is 0 Å². The summed E-state index contributed by atoms with van der Waals surface area (Å²) in [5, 5.41) is 4.08. The van der Waals surface area contributed by atoms with Gasteiger partial charge in [0.25, 0.3) is 5.91 Å². The van der Waals surface area contributed by atoms with Gasteiger partial charge in [0.05, 0.1) is 6.20 Å². The molecular weight excluding hydrogens is 250 g/mol. The summed E-state index contributed by atoms with van der Waals surface area (Å²) in [6.45, 7) is 2.08. The first-order valence-electron chi connectivity index (χ1n) is 6.73. The molecule has 1 atom stereocenters. The van der Waals surface area contributed by atoms with Crippen molar-refractivity contribution < 1.29 is 4.79 Å². The molecule has 0 fully saturated rings. The Balaban J connectivity index is 1.82. The van der Waals surface area contributed by atoms with Crippen molar-refractivity contribution in [1.82, 2.24) is 9.78 Å². The van der Waals surface area contributed by atoms with Gasteiger partial charge in [-0.2, -0.15) is 5.10 Å². The third-order valence-corrected chi connectivity index (χ3v) is 3.59. The molecule has 0 radical (unpaired) electrons. The fraction of sp³-hybridized carbons (Fsp3) is 0.250. The zero-order valence-corrected chi connectivity index (χ0v) is 11.7. The number of carbonyl (C=O) groups excluding carboxylic acids is 1. The highest BCUT2D eigenvalue weighted by Gasteiger charge is 2.29. The average Bonchev–Trinajstić information content (AvgIpc) is 2.98. The molecule has 1 aromatic carbocycles. The van der Waals surface area contributed by atoms with Crippen molar-refractivity contribution in [1.29, 1.82) is 0 Å². The first-order chi connectivity index (χ1) is 9.65. The molecule has 0 bridgehead atoms. The van der Waals surface area contributed by atoms with Crippen LogP contribution in [0.15, 0.2) is 42.7 Å². The van der Waals surface area contributed by atoms with Crippen LogP contribution in [-0.2, 0) is 18.3 Å². The third kappa shape index (κ3) is 2.25. The lowest BCUT2D eigenvalue weighted by molar-refractivity contribution is -0.114. The summed E-state index contributed by atoms with van der Waals surface area (Å²) in [4.78, 5) is 14.3. The fourth-order valence-electron chi connectivity index (χ4n) is 2.68. The van der Waals surface area contributed by atoms with Crippen LogP contribution in [-0.4, -0.2) is 21.7 Å². The molecule has 0 saturated carbocycles. The SMILES string of the molecule is CC1Cc2ccccc2N1C(=O)/C=C/c1cnn(C)c1. The lowest BCUT2D eigenvalue weighted by atomic mass is 10.1. The number of aromatic nitrogens is 2. The largest absolute Gasteiger partial charge is 0.305 e. The highest BCUT2D eigenvalue weighted by molar-refractivity contribution is 6.05. The molecule has 1 aromatic heterocycles. The molecule has 4 nitrogen and oxygen atoms in total. The molecule has 3 rings (SSSR count). The third-order valence-electron chi connectivity index (χ3n) is 3.59. The van der Waals surface area contributed by atoms with E-state index in [-0.39, 0.29) is 11.9 Å². The molecule has 2 heterocycles. The minimum Gasteiger partial charge on any atom is -0.305 e. The van der Waals surface area contributed by atoms with Gasteiger partial charge in [-0.3, -0.25) is 9.48 Å². The van der Waals surface area contributed by atoms with Gasteiger partial charge in [0, 0.05) is 36.6 Å². The summed E-state index contributed by atoms with van der Waals surface area (Å²) in [5.41, 5.74) is 3.20. The van der Waals surface area contributed by atoms with Gasteiger partial charge in [-0.15, -0.1) is 0 Å². The standard InChI is InChI=1S/C16H17N3O/c1-12-9-14-5-3-4-6-15(14)19(12)16(20)8-7-13-10-17-18(2)11-13/h3-8,10-12H,9H2,1-2H3/b8-7+. The van der Waals surface area contributed by atoms with Crippen LogP contribution in [0.5, 0.6) is 0 Å². The summed E-state index contributed by atoms with van der Waals surface area (Å²) >= 11 is 0. The van der Waals surface area contributed by atoms with E-state index in [1.165, 1.54) is 5.56 Å². The predicted octanol–water partition coefficient (Wildman–Crippen LogP) is 2.41. The van der Waals surface area contributed by atoms with Crippen molar-refractivity contribution in [3.05, 3.63) is 53.9 Å². The van der Waals surface area contributed by atoms with Crippen LogP contribution in [0.3, 0.4) is 0 Å². The Hall–Kier alpha value is -2.36. The van der Waals surface area contributed by atoms with E-state index in [1.54, 1.807) is 17.0 Å². The fourth-order valence-corrected chi connectivity index (χ4v) is 2.68. The Morgan fingerprint density at radius 3 is 2.95 bits per heavy atom. The molecule has 0 spiro atoms. The molecular formula is C16H17N3O. The maximum atomic E-state index is 12.4. The van der Waals surface area contributed by atoms with Crippen LogP contribution in [0.2, 0.25) is 0 Å². The van der Waals surface area contributed by atoms with Crippen LogP contribution in [0.1, 0.15) is 18.1 Å². The zero-order chi connectivity index (χ0) is 14.1. The Kier molecular flexibility index (Phi) is 3.14. The van der Waals surface area contributed by atoms with E-state index in [2.05, 4.69) is 18.1 Å². The Labute approximate surface area is 118 Å². The van der Waals surface area contributed by atoms with E-state index in [0.717, 1.165) is 17.7 Å². The molecule has 1 amide bonds. The van der Waals surface area contributed by atoms with Gasteiger partial charge >= 0.3 is 0 Å². The number of anilines is 1. The second kappa shape index (κ2) is 4.96. The number of benzene rings is 1. The maximum absolute atomic E-state index is 12.4. The van der Waals surface area contributed by atoms with Crippen molar-refractivity contribution in [2.75, 3.05) is 4.90 Å². The minimum absolute atomic E-state index is 0.0197. The van der Waals surface area contributed by atoms with Crippen LogP contribution < -0.4 is 4.90 Å². The number of hydrogen-bond acceptors (Lipinski definition) is 2. The van der Waals surface area contributed by atoms with Gasteiger partial charge in [0.2, 0.25) is 0 Å². The summed E-state index contributed by atoms with van der Waals surface area (Å²) in [6.07, 6.45) is 7.97. The lowest BCUT2D eigenvalue weighted by Crippen LogP contribution is -2.34. The number of carbonyl (C=O) groups is 1. The van der Waals surface area contributed by atoms with E-state index in [9.17, 15) is 4.79 Å². The van der Waals surface area contributed by atoms with Gasteiger partial charge in [-0.25, -0.2) is 0 Å². The van der Waals surface area contributed by atoms with E-state index in [4.69, 9.17) is 0 Å². The molecule has 102 valence electrons. The average molecular weight is 267 g/mol. The first kappa shape index (κ1) is 12.7. The van der Waals surface area contributed by atoms with Crippen molar-refractivity contribution >= 4 is 17.7 Å². The van der Waals surface area contributed by atoms with E-state index in [1.807, 2.05) is 42.4 Å². The summed E-state index contributed by atoms with van der Waals surface area (Å²) in [5.74, 6) is 0.0197. The molecule has 20 heavy (non-hydrogen) atoms. The molecule has 1 unspecified atom stereocenters. The van der Waals surface area contributed by atoms with E-state index >= 15 is 0 Å². The van der Waals surface area contributed by atoms with Gasteiger partial charge in [-0.1, -0.05) is 18.2 Å². The van der Waals surface area contributed by atoms with Crippen LogP contribution >= 0.6 is 0 Å². The predicted molar refractivity (Wildman–Crippen MR) is 79.3 cm³/mol. The van der Waals surface area contributed by atoms with Crippen molar-refractivity contribution in [2.45, 2.75) is 19.4 Å². The second-order valence-corrected chi connectivity index (χ2v) is 5.17. The second-order valence-electron chi connectivity index (χ2n) is 5.17. The Morgan fingerprint density at radius 2 is 2.20 bits per heavy atom. The number of para-hydroxylation sites is 1. The van der Waals surface area contributed by atoms with E-state index in [0.29, 0.717) is 0 Å². The summed E-state index contributed by atoms with van der Waals surface area (Å²) in [6, 6.07) is 8.30.